The number of hydrogen-bond donors (Lipinski definition) is 1. The van der Waals surface area contributed by atoms with Crippen molar-refractivity contribution in [2.75, 3.05) is 6.16 Å². The van der Waals surface area contributed by atoms with Crippen molar-refractivity contribution < 1.29 is 9.46 Å². The van der Waals surface area contributed by atoms with Gasteiger partial charge in [-0.1, -0.05) is 66.7 Å². The standard InChI is InChI=1S/C15H33O2P/c1-6-9-11-15(8-3)12-18(16,17)14(5)13(4)10-7-2/h13-15H,6-12H2,1-5H3,(H,16,17). The third-order valence-corrected chi connectivity index (χ3v) is 7.09. The average Bonchev–Trinajstić information content (AvgIpc) is 2.33. The van der Waals surface area contributed by atoms with Gasteiger partial charge in [-0.25, -0.2) is 0 Å². The van der Waals surface area contributed by atoms with Crippen molar-refractivity contribution in [3.8, 4) is 0 Å². The van der Waals surface area contributed by atoms with Crippen molar-refractivity contribution >= 4 is 7.37 Å². The van der Waals surface area contributed by atoms with E-state index in [9.17, 15) is 9.46 Å². The van der Waals surface area contributed by atoms with E-state index in [2.05, 4.69) is 27.7 Å². The summed E-state index contributed by atoms with van der Waals surface area (Å²) in [4.78, 5) is 10.3. The Morgan fingerprint density at radius 2 is 1.67 bits per heavy atom. The molecule has 1 N–H and O–H groups in total. The molecule has 0 spiro atoms. The quantitative estimate of drug-likeness (QED) is 0.550. The molecule has 0 aliphatic carbocycles. The first-order valence-electron chi connectivity index (χ1n) is 7.70. The summed E-state index contributed by atoms with van der Waals surface area (Å²) < 4.78 is 12.5. The topological polar surface area (TPSA) is 37.3 Å². The first-order chi connectivity index (χ1) is 8.38. The van der Waals surface area contributed by atoms with Crippen LogP contribution in [-0.2, 0) is 4.57 Å². The molecular weight excluding hydrogens is 243 g/mol. The van der Waals surface area contributed by atoms with Gasteiger partial charge >= 0.3 is 0 Å². The third-order valence-electron chi connectivity index (χ3n) is 4.27. The molecule has 0 aromatic carbocycles. The number of rotatable bonds is 10. The molecule has 0 aromatic rings. The van der Waals surface area contributed by atoms with E-state index in [-0.39, 0.29) is 5.66 Å². The van der Waals surface area contributed by atoms with Gasteiger partial charge in [0.2, 0.25) is 7.37 Å². The van der Waals surface area contributed by atoms with Crippen LogP contribution in [0.15, 0.2) is 0 Å². The smallest absolute Gasteiger partial charge is 0.203 e. The molecule has 0 aliphatic rings. The SMILES string of the molecule is CCCCC(CC)CP(=O)(O)C(C)C(C)CCC. The van der Waals surface area contributed by atoms with Crippen LogP contribution in [-0.4, -0.2) is 16.7 Å². The summed E-state index contributed by atoms with van der Waals surface area (Å²) in [5.41, 5.74) is -0.0480. The van der Waals surface area contributed by atoms with Crippen LogP contribution < -0.4 is 0 Å². The zero-order valence-corrected chi connectivity index (χ0v) is 13.9. The molecule has 18 heavy (non-hydrogen) atoms. The summed E-state index contributed by atoms with van der Waals surface area (Å²) >= 11 is 0. The minimum Gasteiger partial charge on any atom is -0.344 e. The van der Waals surface area contributed by atoms with Crippen molar-refractivity contribution in [1.82, 2.24) is 0 Å². The van der Waals surface area contributed by atoms with Crippen LogP contribution in [0.5, 0.6) is 0 Å². The van der Waals surface area contributed by atoms with Crippen molar-refractivity contribution in [2.45, 2.75) is 78.8 Å². The second kappa shape index (κ2) is 9.15. The van der Waals surface area contributed by atoms with Gasteiger partial charge in [-0.15, -0.1) is 0 Å². The Bertz CT molecular complexity index is 253. The molecule has 0 fully saturated rings. The largest absolute Gasteiger partial charge is 0.344 e. The highest BCUT2D eigenvalue weighted by atomic mass is 31.2. The molecule has 4 unspecified atom stereocenters. The molecule has 4 atom stereocenters. The maximum atomic E-state index is 12.5. The Morgan fingerprint density at radius 3 is 2.11 bits per heavy atom. The van der Waals surface area contributed by atoms with E-state index in [0.717, 1.165) is 25.7 Å². The lowest BCUT2D eigenvalue weighted by Gasteiger charge is -2.28. The molecule has 0 radical (unpaired) electrons. The summed E-state index contributed by atoms with van der Waals surface area (Å²) in [6, 6.07) is 0. The Balaban J connectivity index is 4.46. The highest BCUT2D eigenvalue weighted by Crippen LogP contribution is 2.52. The van der Waals surface area contributed by atoms with Crippen LogP contribution in [0.2, 0.25) is 0 Å². The first-order valence-corrected chi connectivity index (χ1v) is 9.61. The Labute approximate surface area is 114 Å². The molecule has 0 aliphatic heterocycles. The van der Waals surface area contributed by atoms with E-state index in [1.165, 1.54) is 12.8 Å². The van der Waals surface area contributed by atoms with E-state index in [0.29, 0.717) is 18.0 Å². The lowest BCUT2D eigenvalue weighted by Crippen LogP contribution is -2.19. The molecule has 0 rings (SSSR count). The van der Waals surface area contributed by atoms with E-state index in [4.69, 9.17) is 0 Å². The van der Waals surface area contributed by atoms with Crippen molar-refractivity contribution in [3.63, 3.8) is 0 Å². The maximum absolute atomic E-state index is 12.5. The molecule has 0 amide bonds. The normalized spacial score (nSPS) is 20.1. The summed E-state index contributed by atoms with van der Waals surface area (Å²) in [6.45, 7) is 10.5. The highest BCUT2D eigenvalue weighted by molar-refractivity contribution is 7.58. The van der Waals surface area contributed by atoms with Gasteiger partial charge in [-0.3, -0.25) is 4.57 Å². The molecule has 0 aromatic heterocycles. The Kier molecular flexibility index (Phi) is 9.25. The summed E-state index contributed by atoms with van der Waals surface area (Å²) in [5.74, 6) is 0.784. The summed E-state index contributed by atoms with van der Waals surface area (Å²) in [7, 11) is -2.98. The monoisotopic (exact) mass is 276 g/mol. The molecule has 0 heterocycles. The van der Waals surface area contributed by atoms with E-state index < -0.39 is 7.37 Å². The van der Waals surface area contributed by atoms with Gasteiger partial charge in [0.15, 0.2) is 0 Å². The number of unbranched alkanes of at least 4 members (excludes halogenated alkanes) is 1. The Hall–Kier alpha value is 0.190. The van der Waals surface area contributed by atoms with Gasteiger partial charge in [0.1, 0.15) is 0 Å². The second-order valence-electron chi connectivity index (χ2n) is 5.86. The molecule has 3 heteroatoms. The predicted octanol–water partition coefficient (Wildman–Crippen LogP) is 5.30. The van der Waals surface area contributed by atoms with Gasteiger partial charge in [0.25, 0.3) is 0 Å². The predicted molar refractivity (Wildman–Crippen MR) is 81.5 cm³/mol. The average molecular weight is 276 g/mol. The fourth-order valence-electron chi connectivity index (χ4n) is 2.55. The van der Waals surface area contributed by atoms with Crippen molar-refractivity contribution in [3.05, 3.63) is 0 Å². The van der Waals surface area contributed by atoms with Crippen LogP contribution in [0, 0.1) is 11.8 Å². The minimum atomic E-state index is -2.98. The van der Waals surface area contributed by atoms with Gasteiger partial charge in [0, 0.05) is 11.8 Å². The molecule has 110 valence electrons. The fourth-order valence-corrected chi connectivity index (χ4v) is 5.01. The van der Waals surface area contributed by atoms with Gasteiger partial charge < -0.3 is 4.89 Å². The first kappa shape index (κ1) is 18.2. The third kappa shape index (κ3) is 6.38. The lowest BCUT2D eigenvalue weighted by atomic mass is 10.0. The fraction of sp³-hybridized carbons (Fsp3) is 1.00. The van der Waals surface area contributed by atoms with Gasteiger partial charge in [-0.2, -0.15) is 0 Å². The molecule has 0 saturated heterocycles. The van der Waals surface area contributed by atoms with E-state index in [1.807, 2.05) is 6.92 Å². The van der Waals surface area contributed by atoms with Crippen LogP contribution in [0.3, 0.4) is 0 Å². The summed E-state index contributed by atoms with van der Waals surface area (Å²) in [6.07, 6.45) is 7.16. The lowest BCUT2D eigenvalue weighted by molar-refractivity contribution is 0.402. The highest BCUT2D eigenvalue weighted by Gasteiger charge is 2.32. The minimum absolute atomic E-state index is 0.0480. The van der Waals surface area contributed by atoms with Gasteiger partial charge in [0.05, 0.1) is 0 Å². The van der Waals surface area contributed by atoms with Crippen LogP contribution in [0.1, 0.15) is 73.1 Å². The molecular formula is C15H33O2P. The number of hydrogen-bond acceptors (Lipinski definition) is 1. The zero-order valence-electron chi connectivity index (χ0n) is 13.0. The zero-order chi connectivity index (χ0) is 14.2. The van der Waals surface area contributed by atoms with Crippen molar-refractivity contribution in [1.29, 1.82) is 0 Å². The maximum Gasteiger partial charge on any atom is 0.203 e. The summed E-state index contributed by atoms with van der Waals surface area (Å²) in [5, 5.41) is 0. The van der Waals surface area contributed by atoms with E-state index in [1.54, 1.807) is 0 Å². The molecule has 2 nitrogen and oxygen atoms in total. The van der Waals surface area contributed by atoms with E-state index >= 15 is 0 Å². The van der Waals surface area contributed by atoms with Gasteiger partial charge in [-0.05, 0) is 18.3 Å². The van der Waals surface area contributed by atoms with Crippen molar-refractivity contribution in [2.24, 2.45) is 11.8 Å². The van der Waals surface area contributed by atoms with Crippen LogP contribution in [0.4, 0.5) is 0 Å². The molecule has 0 saturated carbocycles. The van der Waals surface area contributed by atoms with Crippen LogP contribution in [0.25, 0.3) is 0 Å². The molecule has 0 bridgehead atoms. The second-order valence-corrected chi connectivity index (χ2v) is 8.55. The Morgan fingerprint density at radius 1 is 1.06 bits per heavy atom. The van der Waals surface area contributed by atoms with Crippen LogP contribution >= 0.6 is 7.37 Å².